The van der Waals surface area contributed by atoms with Gasteiger partial charge in [0.2, 0.25) is 0 Å². The lowest BCUT2D eigenvalue weighted by Gasteiger charge is -2.42. The molecule has 0 bridgehead atoms. The molecular weight excluding hydrogens is 379 g/mol. The summed E-state index contributed by atoms with van der Waals surface area (Å²) in [5.41, 5.74) is 2.73. The monoisotopic (exact) mass is 411 g/mol. The van der Waals surface area contributed by atoms with E-state index in [2.05, 4.69) is 58.6 Å². The van der Waals surface area contributed by atoms with Gasteiger partial charge in [0.05, 0.1) is 6.54 Å². The molecule has 1 aromatic rings. The highest BCUT2D eigenvalue weighted by Gasteiger charge is 2.35. The molecule has 0 amide bonds. The van der Waals surface area contributed by atoms with Gasteiger partial charge in [-0.3, -0.25) is 14.8 Å². The quantitative estimate of drug-likeness (QED) is 0.578. The number of nitrogens with zero attached hydrogens (tertiary/aromatic N) is 3. The van der Waals surface area contributed by atoms with E-state index in [-0.39, 0.29) is 11.6 Å². The molecule has 1 atom stereocenters. The average molecular weight is 412 g/mol. The van der Waals surface area contributed by atoms with Crippen molar-refractivity contribution >= 4 is 5.96 Å². The van der Waals surface area contributed by atoms with Gasteiger partial charge >= 0.3 is 6.18 Å². The van der Waals surface area contributed by atoms with Gasteiger partial charge in [-0.05, 0) is 37.8 Å². The molecule has 2 aliphatic heterocycles. The van der Waals surface area contributed by atoms with E-state index in [4.69, 9.17) is 0 Å². The van der Waals surface area contributed by atoms with Gasteiger partial charge in [0.15, 0.2) is 5.96 Å². The SMILES string of the molecule is CN=C(NCC(C)(C)N1CCc2ccccc2C1)NC1CCN(CC(F)(F)F)C1. The van der Waals surface area contributed by atoms with Gasteiger partial charge in [-0.15, -0.1) is 0 Å². The number of halogens is 3. The largest absolute Gasteiger partial charge is 0.401 e. The van der Waals surface area contributed by atoms with Crippen LogP contribution in [0.2, 0.25) is 0 Å². The second kappa shape index (κ2) is 8.92. The standard InChI is InChI=1S/C21H32F3N5/c1-20(2,29-11-8-16-6-4-5-7-17(16)12-29)14-26-19(25-3)27-18-9-10-28(13-18)15-21(22,23)24/h4-7,18H,8-15H2,1-3H3,(H2,25,26,27). The van der Waals surface area contributed by atoms with Crippen molar-refractivity contribution in [3.05, 3.63) is 35.4 Å². The number of hydrogen-bond donors (Lipinski definition) is 2. The third-order valence-electron chi connectivity index (χ3n) is 5.91. The Kier molecular flexibility index (Phi) is 6.73. The fourth-order valence-electron chi connectivity index (χ4n) is 4.16. The van der Waals surface area contributed by atoms with Crippen molar-refractivity contribution < 1.29 is 13.2 Å². The van der Waals surface area contributed by atoms with Crippen LogP contribution in [-0.2, 0) is 13.0 Å². The highest BCUT2D eigenvalue weighted by atomic mass is 19.4. The van der Waals surface area contributed by atoms with Crippen LogP contribution in [0.4, 0.5) is 13.2 Å². The summed E-state index contributed by atoms with van der Waals surface area (Å²) in [7, 11) is 1.70. The van der Waals surface area contributed by atoms with Crippen molar-refractivity contribution in [3.63, 3.8) is 0 Å². The number of aliphatic imine (C=N–C) groups is 1. The molecule has 2 aliphatic rings. The molecule has 0 saturated carbocycles. The number of alkyl halides is 3. The molecule has 2 heterocycles. The van der Waals surface area contributed by atoms with Gasteiger partial charge in [0, 0.05) is 51.4 Å². The lowest BCUT2D eigenvalue weighted by atomic mass is 9.94. The van der Waals surface area contributed by atoms with Crippen molar-refractivity contribution in [1.29, 1.82) is 0 Å². The van der Waals surface area contributed by atoms with Crippen LogP contribution in [0.15, 0.2) is 29.3 Å². The molecule has 5 nitrogen and oxygen atoms in total. The minimum absolute atomic E-state index is 0.0199. The maximum Gasteiger partial charge on any atom is 0.401 e. The Hall–Kier alpha value is -1.80. The third-order valence-corrected chi connectivity index (χ3v) is 5.91. The number of hydrogen-bond acceptors (Lipinski definition) is 3. The van der Waals surface area contributed by atoms with E-state index in [1.54, 1.807) is 7.05 Å². The fraction of sp³-hybridized carbons (Fsp3) is 0.667. The Morgan fingerprint density at radius 1 is 1.17 bits per heavy atom. The van der Waals surface area contributed by atoms with Gasteiger partial charge in [-0.25, -0.2) is 0 Å². The second-order valence-corrected chi connectivity index (χ2v) is 8.66. The molecule has 0 radical (unpaired) electrons. The van der Waals surface area contributed by atoms with Crippen LogP contribution in [0, 0.1) is 0 Å². The molecule has 1 aromatic carbocycles. The number of rotatable bonds is 5. The number of likely N-dealkylation sites (tertiary alicyclic amines) is 1. The van der Waals surface area contributed by atoms with E-state index in [0.717, 1.165) is 19.5 Å². The maximum atomic E-state index is 12.6. The molecule has 0 aliphatic carbocycles. The van der Waals surface area contributed by atoms with Crippen LogP contribution < -0.4 is 10.6 Å². The molecule has 2 N–H and O–H groups in total. The molecule has 0 spiro atoms. The van der Waals surface area contributed by atoms with E-state index < -0.39 is 12.7 Å². The molecule has 0 aromatic heterocycles. The normalized spacial score (nSPS) is 21.9. The fourth-order valence-corrected chi connectivity index (χ4v) is 4.16. The number of fused-ring (bicyclic) bond motifs is 1. The van der Waals surface area contributed by atoms with Crippen LogP contribution in [0.3, 0.4) is 0 Å². The Bertz CT molecular complexity index is 717. The van der Waals surface area contributed by atoms with Crippen molar-refractivity contribution in [2.24, 2.45) is 4.99 Å². The first-order valence-corrected chi connectivity index (χ1v) is 10.2. The summed E-state index contributed by atoms with van der Waals surface area (Å²) < 4.78 is 37.7. The third kappa shape index (κ3) is 6.09. The zero-order chi connectivity index (χ0) is 21.1. The van der Waals surface area contributed by atoms with Crippen molar-refractivity contribution in [2.45, 2.75) is 51.0 Å². The first kappa shape index (κ1) is 21.9. The summed E-state index contributed by atoms with van der Waals surface area (Å²) in [6.07, 6.45) is -2.42. The molecule has 3 rings (SSSR count). The topological polar surface area (TPSA) is 42.9 Å². The van der Waals surface area contributed by atoms with Crippen LogP contribution in [0.25, 0.3) is 0 Å². The van der Waals surface area contributed by atoms with Crippen LogP contribution in [0.5, 0.6) is 0 Å². The maximum absolute atomic E-state index is 12.6. The number of benzene rings is 1. The number of nitrogens with one attached hydrogen (secondary N) is 2. The Morgan fingerprint density at radius 2 is 1.90 bits per heavy atom. The smallest absolute Gasteiger partial charge is 0.355 e. The van der Waals surface area contributed by atoms with Crippen LogP contribution in [-0.4, -0.2) is 73.3 Å². The van der Waals surface area contributed by atoms with E-state index in [1.807, 2.05) is 0 Å². The summed E-state index contributed by atoms with van der Waals surface area (Å²) in [4.78, 5) is 8.18. The summed E-state index contributed by atoms with van der Waals surface area (Å²) in [5.74, 6) is 0.648. The first-order chi connectivity index (χ1) is 13.7. The molecule has 8 heteroatoms. The first-order valence-electron chi connectivity index (χ1n) is 10.2. The molecule has 1 unspecified atom stereocenters. The van der Waals surface area contributed by atoms with Gasteiger partial charge < -0.3 is 10.6 Å². The predicted octanol–water partition coefficient (Wildman–Crippen LogP) is 2.62. The second-order valence-electron chi connectivity index (χ2n) is 8.66. The zero-order valence-corrected chi connectivity index (χ0v) is 17.5. The Morgan fingerprint density at radius 3 is 2.59 bits per heavy atom. The van der Waals surface area contributed by atoms with Crippen LogP contribution in [0.1, 0.15) is 31.4 Å². The summed E-state index contributed by atoms with van der Waals surface area (Å²) in [6.45, 7) is 7.04. The highest BCUT2D eigenvalue weighted by molar-refractivity contribution is 5.80. The van der Waals surface area contributed by atoms with Crippen molar-refractivity contribution in [3.8, 4) is 0 Å². The van der Waals surface area contributed by atoms with E-state index in [0.29, 0.717) is 32.0 Å². The summed E-state index contributed by atoms with van der Waals surface area (Å²) in [5, 5.41) is 6.66. The molecule has 1 saturated heterocycles. The summed E-state index contributed by atoms with van der Waals surface area (Å²) >= 11 is 0. The Balaban J connectivity index is 1.49. The lowest BCUT2D eigenvalue weighted by Crippen LogP contribution is -2.55. The van der Waals surface area contributed by atoms with Gasteiger partial charge in [-0.1, -0.05) is 24.3 Å². The molecule has 162 valence electrons. The molecular formula is C21H32F3N5. The zero-order valence-electron chi connectivity index (χ0n) is 17.5. The molecule has 29 heavy (non-hydrogen) atoms. The molecule has 1 fully saturated rings. The minimum atomic E-state index is -4.15. The van der Waals surface area contributed by atoms with E-state index in [9.17, 15) is 13.2 Å². The van der Waals surface area contributed by atoms with Gasteiger partial charge in [0.1, 0.15) is 0 Å². The van der Waals surface area contributed by atoms with Gasteiger partial charge in [-0.2, -0.15) is 13.2 Å². The van der Waals surface area contributed by atoms with Crippen molar-refractivity contribution in [1.82, 2.24) is 20.4 Å². The summed E-state index contributed by atoms with van der Waals surface area (Å²) in [6, 6.07) is 8.55. The predicted molar refractivity (Wildman–Crippen MR) is 110 cm³/mol. The average Bonchev–Trinajstić information content (AvgIpc) is 3.09. The van der Waals surface area contributed by atoms with Gasteiger partial charge in [0.25, 0.3) is 0 Å². The van der Waals surface area contributed by atoms with Crippen LogP contribution >= 0.6 is 0 Å². The minimum Gasteiger partial charge on any atom is -0.355 e. The van der Waals surface area contributed by atoms with E-state index in [1.165, 1.54) is 16.0 Å². The number of guanidine groups is 1. The van der Waals surface area contributed by atoms with E-state index >= 15 is 0 Å². The Labute approximate surface area is 171 Å². The van der Waals surface area contributed by atoms with Crippen molar-refractivity contribution in [2.75, 3.05) is 39.8 Å². The highest BCUT2D eigenvalue weighted by Crippen LogP contribution is 2.25. The lowest BCUT2D eigenvalue weighted by molar-refractivity contribution is -0.143.